The van der Waals surface area contributed by atoms with E-state index < -0.39 is 6.10 Å². The highest BCUT2D eigenvalue weighted by molar-refractivity contribution is 6.00. The summed E-state index contributed by atoms with van der Waals surface area (Å²) in [5.41, 5.74) is 6.17. The molecule has 0 saturated carbocycles. The second-order valence-electron chi connectivity index (χ2n) is 6.64. The minimum atomic E-state index is -0.395. The molecule has 132 valence electrons. The first-order valence-corrected chi connectivity index (χ1v) is 8.77. The Morgan fingerprint density at radius 3 is 2.76 bits per heavy atom. The molecule has 3 rings (SSSR count). The van der Waals surface area contributed by atoms with Crippen LogP contribution in [-0.4, -0.2) is 37.2 Å². The van der Waals surface area contributed by atoms with Crippen LogP contribution >= 0.6 is 0 Å². The smallest absolute Gasteiger partial charge is 0.128 e. The highest BCUT2D eigenvalue weighted by Crippen LogP contribution is 2.24. The number of aliphatic hydroxyl groups excluding tert-OH is 1. The van der Waals surface area contributed by atoms with Crippen molar-refractivity contribution in [2.45, 2.75) is 32.8 Å². The van der Waals surface area contributed by atoms with Crippen LogP contribution in [-0.2, 0) is 12.8 Å². The highest BCUT2D eigenvalue weighted by Gasteiger charge is 2.17. The third-order valence-electron chi connectivity index (χ3n) is 4.71. The maximum atomic E-state index is 9.65. The Bertz CT molecular complexity index is 783. The Hall–Kier alpha value is -2.33. The average molecular weight is 338 g/mol. The lowest BCUT2D eigenvalue weighted by atomic mass is 9.94. The fourth-order valence-electron chi connectivity index (χ4n) is 3.33. The molecule has 0 aromatic heterocycles. The minimum absolute atomic E-state index is 0.395. The van der Waals surface area contributed by atoms with E-state index in [4.69, 9.17) is 4.74 Å². The first-order valence-electron chi connectivity index (χ1n) is 8.77. The average Bonchev–Trinajstić information content (AvgIpc) is 2.61. The number of hydrogen-bond donors (Lipinski definition) is 2. The minimum Gasteiger partial charge on any atom is -0.496 e. The van der Waals surface area contributed by atoms with Crippen molar-refractivity contribution in [3.8, 4) is 5.75 Å². The molecular formula is C21H26N2O2. The van der Waals surface area contributed by atoms with Gasteiger partial charge < -0.3 is 15.2 Å². The number of nitrogens with zero attached hydrogens (tertiary/aromatic N) is 1. The first kappa shape index (κ1) is 17.5. The van der Waals surface area contributed by atoms with Crippen LogP contribution in [0.2, 0.25) is 0 Å². The Balaban J connectivity index is 1.87. The van der Waals surface area contributed by atoms with Gasteiger partial charge in [0.05, 0.1) is 19.8 Å². The van der Waals surface area contributed by atoms with E-state index in [1.165, 1.54) is 22.3 Å². The molecule has 2 aromatic carbocycles. The molecule has 4 heteroatoms. The van der Waals surface area contributed by atoms with Gasteiger partial charge in [-0.1, -0.05) is 35.9 Å². The third-order valence-corrected chi connectivity index (χ3v) is 4.71. The number of amidine groups is 1. The van der Waals surface area contributed by atoms with Crippen molar-refractivity contribution in [2.75, 3.05) is 20.2 Å². The number of hydrogen-bond acceptors (Lipinski definition) is 4. The summed E-state index contributed by atoms with van der Waals surface area (Å²) in [6, 6.07) is 12.6. The van der Waals surface area contributed by atoms with Crippen molar-refractivity contribution >= 4 is 5.84 Å². The van der Waals surface area contributed by atoms with Gasteiger partial charge in [0.25, 0.3) is 0 Å². The number of rotatable bonds is 5. The maximum Gasteiger partial charge on any atom is 0.128 e. The summed E-state index contributed by atoms with van der Waals surface area (Å²) >= 11 is 0. The number of aliphatic imine (C=N–C) groups is 1. The molecule has 0 radical (unpaired) electrons. The number of benzene rings is 2. The number of aliphatic hydroxyl groups is 1. The molecular weight excluding hydrogens is 312 g/mol. The molecule has 2 aromatic rings. The van der Waals surface area contributed by atoms with Crippen LogP contribution in [0, 0.1) is 13.8 Å². The normalized spacial score (nSPS) is 17.0. The zero-order valence-corrected chi connectivity index (χ0v) is 15.2. The molecule has 0 aliphatic carbocycles. The standard InChI is InChI=1S/C21H26N2O2/c1-14-7-10-20(25-3)16(11-14)8-9-18-15(2)5-4-6-19(18)21-22-12-17(24)13-23-21/h4-7,10-11,17,24H,8-9,12-13H2,1-3H3,(H,22,23). The van der Waals surface area contributed by atoms with Gasteiger partial charge in [-0.3, -0.25) is 4.99 Å². The summed E-state index contributed by atoms with van der Waals surface area (Å²) in [7, 11) is 1.72. The predicted octanol–water partition coefficient (Wildman–Crippen LogP) is 2.81. The van der Waals surface area contributed by atoms with E-state index in [0.29, 0.717) is 13.1 Å². The van der Waals surface area contributed by atoms with Crippen LogP contribution < -0.4 is 10.1 Å². The molecule has 2 N–H and O–H groups in total. The summed E-state index contributed by atoms with van der Waals surface area (Å²) < 4.78 is 5.51. The van der Waals surface area contributed by atoms with E-state index in [2.05, 4.69) is 54.5 Å². The largest absolute Gasteiger partial charge is 0.496 e. The van der Waals surface area contributed by atoms with Crippen molar-refractivity contribution in [1.29, 1.82) is 0 Å². The monoisotopic (exact) mass is 338 g/mol. The number of ether oxygens (including phenoxy) is 1. The van der Waals surface area contributed by atoms with Gasteiger partial charge in [0.2, 0.25) is 0 Å². The van der Waals surface area contributed by atoms with Crippen molar-refractivity contribution in [2.24, 2.45) is 4.99 Å². The van der Waals surface area contributed by atoms with Gasteiger partial charge in [0.1, 0.15) is 11.6 Å². The predicted molar refractivity (Wildman–Crippen MR) is 102 cm³/mol. The first-order chi connectivity index (χ1) is 12.1. The molecule has 0 fully saturated rings. The molecule has 0 saturated heterocycles. The summed E-state index contributed by atoms with van der Waals surface area (Å²) in [4.78, 5) is 4.52. The van der Waals surface area contributed by atoms with Crippen LogP contribution in [0.15, 0.2) is 41.4 Å². The third kappa shape index (κ3) is 4.02. The van der Waals surface area contributed by atoms with Gasteiger partial charge in [0.15, 0.2) is 0 Å². The van der Waals surface area contributed by atoms with Gasteiger partial charge in [-0.15, -0.1) is 0 Å². The molecule has 4 nitrogen and oxygen atoms in total. The number of aryl methyl sites for hydroxylation is 3. The molecule has 25 heavy (non-hydrogen) atoms. The van der Waals surface area contributed by atoms with E-state index in [0.717, 1.165) is 30.0 Å². The van der Waals surface area contributed by atoms with Crippen LogP contribution in [0.3, 0.4) is 0 Å². The molecule has 0 bridgehead atoms. The highest BCUT2D eigenvalue weighted by atomic mass is 16.5. The lowest BCUT2D eigenvalue weighted by Gasteiger charge is -2.22. The van der Waals surface area contributed by atoms with Gasteiger partial charge >= 0.3 is 0 Å². The maximum absolute atomic E-state index is 9.65. The Kier molecular flexibility index (Phi) is 5.39. The quantitative estimate of drug-likeness (QED) is 0.881. The lowest BCUT2D eigenvalue weighted by molar-refractivity contribution is 0.181. The van der Waals surface area contributed by atoms with E-state index in [9.17, 15) is 5.11 Å². The van der Waals surface area contributed by atoms with Gasteiger partial charge in [-0.2, -0.15) is 0 Å². The fraction of sp³-hybridized carbons (Fsp3) is 0.381. The van der Waals surface area contributed by atoms with E-state index in [1.807, 2.05) is 6.07 Å². The van der Waals surface area contributed by atoms with E-state index >= 15 is 0 Å². The van der Waals surface area contributed by atoms with E-state index in [-0.39, 0.29) is 0 Å². The van der Waals surface area contributed by atoms with Crippen molar-refractivity contribution in [3.05, 3.63) is 64.2 Å². The van der Waals surface area contributed by atoms with E-state index in [1.54, 1.807) is 7.11 Å². The van der Waals surface area contributed by atoms with Crippen LogP contribution in [0.25, 0.3) is 0 Å². The molecule has 1 unspecified atom stereocenters. The number of β-amino-alcohol motifs (C(OH)–C–C–N with tert-alkyl or cyclic N) is 1. The zero-order valence-electron chi connectivity index (χ0n) is 15.2. The Morgan fingerprint density at radius 1 is 1.20 bits per heavy atom. The van der Waals surface area contributed by atoms with Gasteiger partial charge in [0, 0.05) is 12.1 Å². The molecule has 0 amide bonds. The van der Waals surface area contributed by atoms with Crippen molar-refractivity contribution in [1.82, 2.24) is 5.32 Å². The summed E-state index contributed by atoms with van der Waals surface area (Å²) in [6.45, 7) is 5.26. The second kappa shape index (κ2) is 7.70. The summed E-state index contributed by atoms with van der Waals surface area (Å²) in [5.74, 6) is 1.83. The topological polar surface area (TPSA) is 53.9 Å². The zero-order chi connectivity index (χ0) is 17.8. The molecule has 1 atom stereocenters. The van der Waals surface area contributed by atoms with Gasteiger partial charge in [-0.05, 0) is 49.4 Å². The van der Waals surface area contributed by atoms with Crippen LogP contribution in [0.4, 0.5) is 0 Å². The molecule has 1 heterocycles. The molecule has 0 spiro atoms. The number of methoxy groups -OCH3 is 1. The lowest BCUT2D eigenvalue weighted by Crippen LogP contribution is -2.39. The molecule has 1 aliphatic rings. The fourth-order valence-corrected chi connectivity index (χ4v) is 3.33. The van der Waals surface area contributed by atoms with Crippen LogP contribution in [0.1, 0.15) is 27.8 Å². The summed E-state index contributed by atoms with van der Waals surface area (Å²) in [5, 5.41) is 12.9. The van der Waals surface area contributed by atoms with Crippen molar-refractivity contribution < 1.29 is 9.84 Å². The summed E-state index contributed by atoms with van der Waals surface area (Å²) in [6.07, 6.45) is 1.44. The Labute approximate surface area is 149 Å². The van der Waals surface area contributed by atoms with Crippen molar-refractivity contribution in [3.63, 3.8) is 0 Å². The van der Waals surface area contributed by atoms with Crippen LogP contribution in [0.5, 0.6) is 5.75 Å². The molecule has 1 aliphatic heterocycles. The SMILES string of the molecule is COc1ccc(C)cc1CCc1c(C)cccc1C1=NCC(O)CN1. The Morgan fingerprint density at radius 2 is 2.04 bits per heavy atom. The number of nitrogens with one attached hydrogen (secondary N) is 1. The second-order valence-corrected chi connectivity index (χ2v) is 6.64. The van der Waals surface area contributed by atoms with Gasteiger partial charge in [-0.25, -0.2) is 0 Å².